The van der Waals surface area contributed by atoms with Crippen molar-refractivity contribution in [1.29, 1.82) is 0 Å². The lowest BCUT2D eigenvalue weighted by atomic mass is 10.0. The smallest absolute Gasteiger partial charge is 0.116 e. The molecule has 2 aromatic carbocycles. The summed E-state index contributed by atoms with van der Waals surface area (Å²) in [4.78, 5) is 8.43. The minimum atomic E-state index is 0.965. The zero-order valence-corrected chi connectivity index (χ0v) is 8.86. The van der Waals surface area contributed by atoms with Gasteiger partial charge in [0, 0.05) is 17.0 Å². The molecule has 2 heterocycles. The number of hydrogen-bond acceptors (Lipinski definition) is 5. The standard InChI is InChI=1S/C12H9N5/c1-2-8-5-13-6-14-11(8)10-7(1)3-4-9-12(10)16-17-15-9/h1-6,15-17H. The van der Waals surface area contributed by atoms with Gasteiger partial charge in [0.1, 0.15) is 6.33 Å². The highest BCUT2D eigenvalue weighted by atomic mass is 15.6. The second-order valence-electron chi connectivity index (χ2n) is 3.99. The molecule has 0 atom stereocenters. The topological polar surface area (TPSA) is 61.9 Å². The van der Waals surface area contributed by atoms with Crippen molar-refractivity contribution in [1.82, 2.24) is 15.5 Å². The van der Waals surface area contributed by atoms with Gasteiger partial charge in [-0.15, -0.1) is 5.53 Å². The fourth-order valence-electron chi connectivity index (χ4n) is 2.26. The van der Waals surface area contributed by atoms with Crippen LogP contribution >= 0.6 is 0 Å². The van der Waals surface area contributed by atoms with Crippen LogP contribution in [-0.4, -0.2) is 9.97 Å². The maximum atomic E-state index is 4.38. The van der Waals surface area contributed by atoms with Crippen molar-refractivity contribution in [3.8, 4) is 0 Å². The van der Waals surface area contributed by atoms with Crippen LogP contribution in [0.25, 0.3) is 21.7 Å². The van der Waals surface area contributed by atoms with Crippen LogP contribution in [-0.2, 0) is 0 Å². The molecule has 0 fully saturated rings. The van der Waals surface area contributed by atoms with Crippen molar-refractivity contribution in [3.63, 3.8) is 0 Å². The van der Waals surface area contributed by atoms with Crippen molar-refractivity contribution in [3.05, 3.63) is 36.8 Å². The quantitative estimate of drug-likeness (QED) is 0.509. The van der Waals surface area contributed by atoms with Crippen LogP contribution in [0.15, 0.2) is 36.8 Å². The lowest BCUT2D eigenvalue weighted by molar-refractivity contribution is 1.01. The fourth-order valence-corrected chi connectivity index (χ4v) is 2.26. The molecule has 0 saturated heterocycles. The van der Waals surface area contributed by atoms with Crippen LogP contribution in [0.4, 0.5) is 11.4 Å². The first-order chi connectivity index (χ1) is 8.43. The highest BCUT2D eigenvalue weighted by Gasteiger charge is 2.14. The van der Waals surface area contributed by atoms with Gasteiger partial charge in [0.2, 0.25) is 0 Å². The van der Waals surface area contributed by atoms with Gasteiger partial charge in [-0.05, 0) is 11.5 Å². The van der Waals surface area contributed by atoms with Gasteiger partial charge in [-0.2, -0.15) is 0 Å². The molecule has 0 bridgehead atoms. The lowest BCUT2D eigenvalue weighted by Crippen LogP contribution is -2.19. The van der Waals surface area contributed by atoms with E-state index in [4.69, 9.17) is 0 Å². The highest BCUT2D eigenvalue weighted by molar-refractivity contribution is 6.14. The minimum Gasteiger partial charge on any atom is -0.302 e. The van der Waals surface area contributed by atoms with Gasteiger partial charge >= 0.3 is 0 Å². The van der Waals surface area contributed by atoms with E-state index in [1.807, 2.05) is 18.3 Å². The van der Waals surface area contributed by atoms with Crippen molar-refractivity contribution in [2.75, 3.05) is 10.9 Å². The first-order valence-electron chi connectivity index (χ1n) is 5.36. The third-order valence-corrected chi connectivity index (χ3v) is 3.04. The predicted molar refractivity (Wildman–Crippen MR) is 67.4 cm³/mol. The number of hydrazine groups is 2. The summed E-state index contributed by atoms with van der Waals surface area (Å²) in [5.74, 6) is 0. The summed E-state index contributed by atoms with van der Waals surface area (Å²) in [6.07, 6.45) is 3.41. The molecule has 0 radical (unpaired) electrons. The second-order valence-corrected chi connectivity index (χ2v) is 3.99. The van der Waals surface area contributed by atoms with Gasteiger partial charge in [0.15, 0.2) is 0 Å². The molecule has 1 aliphatic rings. The largest absolute Gasteiger partial charge is 0.302 e. The molecule has 82 valence electrons. The maximum Gasteiger partial charge on any atom is 0.116 e. The number of aromatic nitrogens is 2. The predicted octanol–water partition coefficient (Wildman–Crippen LogP) is 2.04. The first-order valence-corrected chi connectivity index (χ1v) is 5.36. The van der Waals surface area contributed by atoms with Gasteiger partial charge in [-0.1, -0.05) is 18.2 Å². The molecule has 0 amide bonds. The van der Waals surface area contributed by atoms with Gasteiger partial charge in [-0.3, -0.25) is 0 Å². The molecule has 0 unspecified atom stereocenters. The number of rotatable bonds is 0. The third kappa shape index (κ3) is 1.11. The maximum absolute atomic E-state index is 4.38. The summed E-state index contributed by atoms with van der Waals surface area (Å²) >= 11 is 0. The summed E-state index contributed by atoms with van der Waals surface area (Å²) in [6.45, 7) is 0. The molecule has 4 rings (SSSR count). The van der Waals surface area contributed by atoms with E-state index < -0.39 is 0 Å². The van der Waals surface area contributed by atoms with Crippen molar-refractivity contribution in [2.24, 2.45) is 0 Å². The SMILES string of the molecule is c1ncc2ccc3ccc4c(c3c2n1)NNN4. The number of benzene rings is 2. The zero-order chi connectivity index (χ0) is 11.2. The molecular weight excluding hydrogens is 214 g/mol. The van der Waals surface area contributed by atoms with E-state index in [-0.39, 0.29) is 0 Å². The van der Waals surface area contributed by atoms with Gasteiger partial charge in [0.25, 0.3) is 0 Å². The molecule has 0 saturated carbocycles. The van der Waals surface area contributed by atoms with E-state index in [1.165, 1.54) is 0 Å². The average Bonchev–Trinajstić information content (AvgIpc) is 2.86. The Morgan fingerprint density at radius 2 is 1.82 bits per heavy atom. The number of nitrogens with one attached hydrogen (secondary N) is 3. The van der Waals surface area contributed by atoms with Crippen LogP contribution in [0, 0.1) is 0 Å². The zero-order valence-electron chi connectivity index (χ0n) is 8.86. The molecule has 1 aromatic heterocycles. The van der Waals surface area contributed by atoms with E-state index in [1.54, 1.807) is 6.33 Å². The Bertz CT molecular complexity index is 737. The summed E-state index contributed by atoms with van der Waals surface area (Å²) in [5.41, 5.74) is 12.1. The number of fused-ring (bicyclic) bond motifs is 5. The molecule has 1 aliphatic heterocycles. The van der Waals surface area contributed by atoms with E-state index in [0.717, 1.165) is 33.1 Å². The Morgan fingerprint density at radius 1 is 0.941 bits per heavy atom. The monoisotopic (exact) mass is 223 g/mol. The van der Waals surface area contributed by atoms with Gasteiger partial charge in [0.05, 0.1) is 16.9 Å². The van der Waals surface area contributed by atoms with E-state index >= 15 is 0 Å². The Labute approximate surface area is 96.8 Å². The molecule has 0 spiro atoms. The van der Waals surface area contributed by atoms with E-state index in [0.29, 0.717) is 0 Å². The van der Waals surface area contributed by atoms with Crippen LogP contribution in [0.3, 0.4) is 0 Å². The van der Waals surface area contributed by atoms with Gasteiger partial charge in [-0.25, -0.2) is 9.97 Å². The molecule has 5 heteroatoms. The molecule has 5 nitrogen and oxygen atoms in total. The number of anilines is 2. The van der Waals surface area contributed by atoms with Crippen molar-refractivity contribution < 1.29 is 0 Å². The molecular formula is C12H9N5. The van der Waals surface area contributed by atoms with E-state index in [9.17, 15) is 0 Å². The van der Waals surface area contributed by atoms with Crippen LogP contribution in [0.1, 0.15) is 0 Å². The summed E-state index contributed by atoms with van der Waals surface area (Å²) in [5, 5.41) is 3.31. The molecule has 3 N–H and O–H groups in total. The minimum absolute atomic E-state index is 0.965. The van der Waals surface area contributed by atoms with Gasteiger partial charge < -0.3 is 10.9 Å². The van der Waals surface area contributed by atoms with Crippen molar-refractivity contribution in [2.45, 2.75) is 0 Å². The van der Waals surface area contributed by atoms with E-state index in [2.05, 4.69) is 38.5 Å². The molecule has 17 heavy (non-hydrogen) atoms. The normalized spacial score (nSPS) is 13.4. The number of hydrogen-bond donors (Lipinski definition) is 3. The number of nitrogens with zero attached hydrogens (tertiary/aromatic N) is 2. The Kier molecular flexibility index (Phi) is 1.56. The second kappa shape index (κ2) is 3.05. The Hall–Kier alpha value is -2.40. The van der Waals surface area contributed by atoms with Crippen LogP contribution in [0.2, 0.25) is 0 Å². The Balaban J connectivity index is 2.27. The summed E-state index contributed by atoms with van der Waals surface area (Å²) in [7, 11) is 0. The first kappa shape index (κ1) is 8.72. The van der Waals surface area contributed by atoms with Crippen LogP contribution < -0.4 is 16.4 Å². The third-order valence-electron chi connectivity index (χ3n) is 3.04. The fraction of sp³-hybridized carbons (Fsp3) is 0. The average molecular weight is 223 g/mol. The summed E-state index contributed by atoms with van der Waals surface area (Å²) in [6, 6.07) is 8.25. The van der Waals surface area contributed by atoms with Crippen LogP contribution in [0.5, 0.6) is 0 Å². The highest BCUT2D eigenvalue weighted by Crippen LogP contribution is 2.36. The molecule has 0 aliphatic carbocycles. The van der Waals surface area contributed by atoms with Crippen molar-refractivity contribution >= 4 is 33.1 Å². The molecule has 3 aromatic rings. The lowest BCUT2D eigenvalue weighted by Gasteiger charge is -2.06. The summed E-state index contributed by atoms with van der Waals surface area (Å²) < 4.78 is 0. The Morgan fingerprint density at radius 3 is 2.82 bits per heavy atom.